The van der Waals surface area contributed by atoms with Crippen LogP contribution in [0.25, 0.3) is 0 Å². The van der Waals surface area contributed by atoms with Crippen LogP contribution in [0.3, 0.4) is 0 Å². The molecule has 2 heterocycles. The van der Waals surface area contributed by atoms with E-state index in [9.17, 15) is 4.79 Å². The fourth-order valence-corrected chi connectivity index (χ4v) is 3.60. The Kier molecular flexibility index (Phi) is 5.27. The van der Waals surface area contributed by atoms with E-state index in [0.717, 1.165) is 13.0 Å². The molecule has 5 heteroatoms. The van der Waals surface area contributed by atoms with Gasteiger partial charge in [0.15, 0.2) is 0 Å². The minimum absolute atomic E-state index is 0.321. The normalized spacial score (nSPS) is 21.2. The first-order valence-electron chi connectivity index (χ1n) is 7.63. The van der Waals surface area contributed by atoms with Gasteiger partial charge in [0.05, 0.1) is 0 Å². The van der Waals surface area contributed by atoms with Crippen molar-refractivity contribution in [3.8, 4) is 0 Å². The molecule has 0 aromatic carbocycles. The van der Waals surface area contributed by atoms with Crippen molar-refractivity contribution in [2.24, 2.45) is 0 Å². The number of ether oxygens (including phenoxy) is 1. The first kappa shape index (κ1) is 16.3. The van der Waals surface area contributed by atoms with Crippen LogP contribution in [0.15, 0.2) is 17.5 Å². The molecule has 1 fully saturated rings. The van der Waals surface area contributed by atoms with Crippen molar-refractivity contribution in [1.82, 2.24) is 10.2 Å². The molecule has 4 nitrogen and oxygen atoms in total. The zero-order chi connectivity index (χ0) is 15.5. The minimum Gasteiger partial charge on any atom is -0.444 e. The van der Waals surface area contributed by atoms with Crippen molar-refractivity contribution >= 4 is 17.4 Å². The number of carbonyl (C=O) groups excluding carboxylic acids is 1. The third-order valence-electron chi connectivity index (χ3n) is 3.76. The van der Waals surface area contributed by atoms with Gasteiger partial charge in [0.2, 0.25) is 0 Å². The van der Waals surface area contributed by atoms with Gasteiger partial charge in [-0.2, -0.15) is 0 Å². The molecule has 1 aromatic rings. The lowest BCUT2D eigenvalue weighted by Gasteiger charge is -2.30. The van der Waals surface area contributed by atoms with Gasteiger partial charge in [-0.1, -0.05) is 6.07 Å². The Morgan fingerprint density at radius 3 is 2.95 bits per heavy atom. The van der Waals surface area contributed by atoms with E-state index >= 15 is 0 Å². The Balaban J connectivity index is 1.86. The second kappa shape index (κ2) is 6.79. The third-order valence-corrected chi connectivity index (χ3v) is 4.80. The first-order valence-corrected chi connectivity index (χ1v) is 8.51. The summed E-state index contributed by atoms with van der Waals surface area (Å²) in [5, 5.41) is 5.03. The third kappa shape index (κ3) is 4.71. The van der Waals surface area contributed by atoms with Crippen molar-refractivity contribution in [3.63, 3.8) is 0 Å². The van der Waals surface area contributed by atoms with Crippen molar-refractivity contribution in [1.29, 1.82) is 0 Å². The zero-order valence-corrected chi connectivity index (χ0v) is 14.2. The van der Waals surface area contributed by atoms with Gasteiger partial charge in [-0.15, -0.1) is 11.3 Å². The van der Waals surface area contributed by atoms with E-state index in [2.05, 4.69) is 34.7 Å². The molecule has 1 N–H and O–H groups in total. The average molecular weight is 310 g/mol. The topological polar surface area (TPSA) is 41.6 Å². The molecular formula is C16H26N2O2S. The molecular weight excluding hydrogens is 284 g/mol. The number of alkyl carbamates (subject to hydrolysis) is 1. The van der Waals surface area contributed by atoms with Crippen LogP contribution in [0.1, 0.15) is 51.5 Å². The molecule has 0 radical (unpaired) electrons. The fraction of sp³-hybridized carbons (Fsp3) is 0.688. The van der Waals surface area contributed by atoms with Crippen LogP contribution in [0, 0.1) is 0 Å². The Morgan fingerprint density at radius 1 is 1.57 bits per heavy atom. The lowest BCUT2D eigenvalue weighted by Crippen LogP contribution is -2.42. The quantitative estimate of drug-likeness (QED) is 0.919. The fourth-order valence-electron chi connectivity index (χ4n) is 2.79. The van der Waals surface area contributed by atoms with Crippen LogP contribution < -0.4 is 5.32 Å². The van der Waals surface area contributed by atoms with E-state index in [1.54, 1.807) is 11.3 Å². The summed E-state index contributed by atoms with van der Waals surface area (Å²) in [5.41, 5.74) is -0.441. The number of amides is 1. The molecule has 118 valence electrons. The predicted octanol–water partition coefficient (Wildman–Crippen LogP) is 3.80. The summed E-state index contributed by atoms with van der Waals surface area (Å²) >= 11 is 1.80. The highest BCUT2D eigenvalue weighted by Gasteiger charge is 2.30. The number of nitrogens with one attached hydrogen (secondary N) is 1. The molecule has 2 rings (SSSR count). The van der Waals surface area contributed by atoms with Gasteiger partial charge in [0, 0.05) is 23.5 Å². The molecule has 1 aliphatic rings. The number of hydrogen-bond donors (Lipinski definition) is 1. The lowest BCUT2D eigenvalue weighted by molar-refractivity contribution is 0.0508. The van der Waals surface area contributed by atoms with E-state index in [1.165, 1.54) is 11.3 Å². The van der Waals surface area contributed by atoms with Crippen LogP contribution in [-0.2, 0) is 4.74 Å². The zero-order valence-electron chi connectivity index (χ0n) is 13.4. The number of nitrogens with zero attached hydrogens (tertiary/aromatic N) is 1. The van der Waals surface area contributed by atoms with Crippen LogP contribution in [0.5, 0.6) is 0 Å². The maximum atomic E-state index is 11.8. The van der Waals surface area contributed by atoms with E-state index in [4.69, 9.17) is 4.74 Å². The van der Waals surface area contributed by atoms with Gasteiger partial charge in [0.25, 0.3) is 0 Å². The highest BCUT2D eigenvalue weighted by atomic mass is 32.1. The Labute approximate surface area is 131 Å². The summed E-state index contributed by atoms with van der Waals surface area (Å²) in [7, 11) is 0. The van der Waals surface area contributed by atoms with Gasteiger partial charge >= 0.3 is 6.09 Å². The molecule has 0 aliphatic carbocycles. The summed E-state index contributed by atoms with van der Waals surface area (Å²) in [6.07, 6.45) is 2.00. The molecule has 0 unspecified atom stereocenters. The molecule has 1 aliphatic heterocycles. The van der Waals surface area contributed by atoms with Crippen molar-refractivity contribution in [2.45, 2.75) is 58.2 Å². The van der Waals surface area contributed by atoms with Gasteiger partial charge in [-0.3, -0.25) is 4.90 Å². The molecule has 1 saturated heterocycles. The predicted molar refractivity (Wildman–Crippen MR) is 86.7 cm³/mol. The minimum atomic E-state index is -0.441. The lowest BCUT2D eigenvalue weighted by atomic mass is 10.1. The van der Waals surface area contributed by atoms with Gasteiger partial charge < -0.3 is 10.1 Å². The molecule has 21 heavy (non-hydrogen) atoms. The van der Waals surface area contributed by atoms with Crippen LogP contribution in [0.4, 0.5) is 4.79 Å². The summed E-state index contributed by atoms with van der Waals surface area (Å²) in [5.74, 6) is 0. The second-order valence-electron chi connectivity index (χ2n) is 6.61. The Morgan fingerprint density at radius 2 is 2.33 bits per heavy atom. The van der Waals surface area contributed by atoms with E-state index in [0.29, 0.717) is 18.6 Å². The number of rotatable bonds is 4. The molecule has 1 amide bonds. The van der Waals surface area contributed by atoms with Crippen molar-refractivity contribution in [2.75, 3.05) is 13.1 Å². The first-order chi connectivity index (χ1) is 9.87. The molecule has 0 bridgehead atoms. The largest absolute Gasteiger partial charge is 0.444 e. The number of carbonyl (C=O) groups is 1. The molecule has 0 spiro atoms. The number of likely N-dealkylation sites (tertiary alicyclic amines) is 1. The second-order valence-corrected chi connectivity index (χ2v) is 7.59. The summed E-state index contributed by atoms with van der Waals surface area (Å²) in [6, 6.07) is 5.10. The summed E-state index contributed by atoms with van der Waals surface area (Å²) < 4.78 is 5.30. The van der Waals surface area contributed by atoms with E-state index in [1.807, 2.05) is 20.8 Å². The van der Waals surface area contributed by atoms with Crippen molar-refractivity contribution < 1.29 is 9.53 Å². The Bertz CT molecular complexity index is 453. The summed E-state index contributed by atoms with van der Waals surface area (Å²) in [4.78, 5) is 15.6. The van der Waals surface area contributed by atoms with Gasteiger partial charge in [0.1, 0.15) is 5.60 Å². The highest BCUT2D eigenvalue weighted by Crippen LogP contribution is 2.31. The molecule has 2 atom stereocenters. The van der Waals surface area contributed by atoms with Gasteiger partial charge in [-0.25, -0.2) is 4.79 Å². The standard InChI is InChI=1S/C16H26N2O2S/c1-12(14-8-6-10-21-14)18-9-5-7-13(18)11-17-15(19)20-16(2,3)4/h6,8,10,12-13H,5,7,9,11H2,1-4H3,(H,17,19)/t12-,13-/m1/s1. The smallest absolute Gasteiger partial charge is 0.407 e. The van der Waals surface area contributed by atoms with Crippen molar-refractivity contribution in [3.05, 3.63) is 22.4 Å². The molecule has 0 saturated carbocycles. The number of thiophene rings is 1. The number of hydrogen-bond acceptors (Lipinski definition) is 4. The SMILES string of the molecule is C[C@H](c1cccs1)N1CCC[C@@H]1CNC(=O)OC(C)(C)C. The van der Waals surface area contributed by atoms with E-state index < -0.39 is 5.60 Å². The van der Waals surface area contributed by atoms with E-state index in [-0.39, 0.29) is 6.09 Å². The maximum absolute atomic E-state index is 11.8. The van der Waals surface area contributed by atoms with Crippen LogP contribution in [-0.4, -0.2) is 35.7 Å². The van der Waals surface area contributed by atoms with Crippen LogP contribution in [0.2, 0.25) is 0 Å². The summed E-state index contributed by atoms with van der Waals surface area (Å²) in [6.45, 7) is 9.65. The van der Waals surface area contributed by atoms with Gasteiger partial charge in [-0.05, 0) is 58.5 Å². The average Bonchev–Trinajstić information content (AvgIpc) is 3.05. The molecule has 1 aromatic heterocycles. The maximum Gasteiger partial charge on any atom is 0.407 e. The Hall–Kier alpha value is -1.07. The highest BCUT2D eigenvalue weighted by molar-refractivity contribution is 7.10. The van der Waals surface area contributed by atoms with Crippen LogP contribution >= 0.6 is 11.3 Å². The monoisotopic (exact) mass is 310 g/mol.